The van der Waals surface area contributed by atoms with Crippen molar-refractivity contribution in [1.82, 2.24) is 14.3 Å². The number of fused-ring (bicyclic) bond motifs is 1. The molecule has 0 atom stereocenters. The fraction of sp³-hybridized carbons (Fsp3) is 0.235. The van der Waals surface area contributed by atoms with E-state index in [0.717, 1.165) is 11.3 Å². The minimum atomic E-state index is -3.60. The number of H-pyrrole nitrogens is 1. The first kappa shape index (κ1) is 16.5. The van der Waals surface area contributed by atoms with E-state index >= 15 is 0 Å². The third-order valence-electron chi connectivity index (χ3n) is 3.86. The van der Waals surface area contributed by atoms with Crippen LogP contribution in [0.5, 0.6) is 5.75 Å². The first-order valence-corrected chi connectivity index (χ1v) is 9.01. The topological polar surface area (TPSA) is 75.3 Å². The van der Waals surface area contributed by atoms with Crippen LogP contribution < -0.4 is 4.74 Å². The van der Waals surface area contributed by atoms with Crippen molar-refractivity contribution in [2.75, 3.05) is 20.2 Å². The highest BCUT2D eigenvalue weighted by molar-refractivity contribution is 7.89. The zero-order chi connectivity index (χ0) is 17.2. The quantitative estimate of drug-likeness (QED) is 0.745. The highest BCUT2D eigenvalue weighted by atomic mass is 32.2. The number of nitrogens with one attached hydrogen (secondary N) is 1. The van der Waals surface area contributed by atoms with Gasteiger partial charge >= 0.3 is 0 Å². The molecule has 0 radical (unpaired) electrons. The summed E-state index contributed by atoms with van der Waals surface area (Å²) in [7, 11) is -2.06. The summed E-state index contributed by atoms with van der Waals surface area (Å²) >= 11 is 0. The number of sulfonamides is 1. The van der Waals surface area contributed by atoms with Crippen molar-refractivity contribution in [2.24, 2.45) is 0 Å². The molecule has 0 aliphatic rings. The van der Waals surface area contributed by atoms with E-state index in [2.05, 4.69) is 9.97 Å². The summed E-state index contributed by atoms with van der Waals surface area (Å²) in [5.41, 5.74) is 1.58. The lowest BCUT2D eigenvalue weighted by Crippen LogP contribution is -2.31. The maximum absolute atomic E-state index is 12.7. The van der Waals surface area contributed by atoms with Gasteiger partial charge in [-0.15, -0.1) is 0 Å². The van der Waals surface area contributed by atoms with E-state index in [1.807, 2.05) is 31.2 Å². The summed E-state index contributed by atoms with van der Waals surface area (Å²) < 4.78 is 32.5. The normalized spacial score (nSPS) is 12.0. The number of aromatic amines is 1. The third kappa shape index (κ3) is 3.13. The van der Waals surface area contributed by atoms with Gasteiger partial charge in [0.2, 0.25) is 10.0 Å². The smallest absolute Gasteiger partial charge is 0.245 e. The van der Waals surface area contributed by atoms with Crippen molar-refractivity contribution < 1.29 is 13.2 Å². The number of aromatic nitrogens is 2. The van der Waals surface area contributed by atoms with Crippen LogP contribution in [-0.4, -0.2) is 42.9 Å². The van der Waals surface area contributed by atoms with Crippen LogP contribution in [0.1, 0.15) is 5.56 Å². The van der Waals surface area contributed by atoms with Crippen LogP contribution in [0.15, 0.2) is 53.7 Å². The molecule has 0 amide bonds. The lowest BCUT2D eigenvalue weighted by molar-refractivity contribution is 0.285. The zero-order valence-electron chi connectivity index (χ0n) is 13.6. The highest BCUT2D eigenvalue weighted by Gasteiger charge is 2.24. The molecule has 6 nitrogen and oxygen atoms in total. The Kier molecular flexibility index (Phi) is 4.55. The summed E-state index contributed by atoms with van der Waals surface area (Å²) in [6, 6.07) is 11.1. The van der Waals surface area contributed by atoms with Gasteiger partial charge < -0.3 is 9.72 Å². The van der Waals surface area contributed by atoms with Crippen LogP contribution in [-0.2, 0) is 10.0 Å². The Labute approximate surface area is 141 Å². The maximum atomic E-state index is 12.7. The third-order valence-corrected chi connectivity index (χ3v) is 5.76. The number of ether oxygens (including phenoxy) is 1. The summed E-state index contributed by atoms with van der Waals surface area (Å²) in [6.07, 6.45) is 3.10. The molecule has 1 N–H and O–H groups in total. The Bertz CT molecular complexity index is 950. The van der Waals surface area contributed by atoms with Gasteiger partial charge in [0.05, 0.1) is 0 Å². The second-order valence-electron chi connectivity index (χ2n) is 5.49. The van der Waals surface area contributed by atoms with E-state index in [0.29, 0.717) is 11.0 Å². The number of nitrogens with zero attached hydrogens (tertiary/aromatic N) is 2. The molecular formula is C17H19N3O3S. The largest absolute Gasteiger partial charge is 0.492 e. The SMILES string of the molecule is Cc1ccccc1OCCN(C)S(=O)(=O)c1c[nH]c2ncccc12. The molecule has 24 heavy (non-hydrogen) atoms. The molecule has 0 aliphatic carbocycles. The van der Waals surface area contributed by atoms with Gasteiger partial charge in [-0.25, -0.2) is 13.4 Å². The van der Waals surface area contributed by atoms with Crippen LogP contribution in [0.25, 0.3) is 11.0 Å². The Balaban J connectivity index is 1.72. The minimum absolute atomic E-state index is 0.226. The van der Waals surface area contributed by atoms with E-state index in [9.17, 15) is 8.42 Å². The van der Waals surface area contributed by atoms with Crippen molar-refractivity contribution in [3.05, 3.63) is 54.4 Å². The van der Waals surface area contributed by atoms with Crippen molar-refractivity contribution >= 4 is 21.1 Å². The number of pyridine rings is 1. The molecule has 3 aromatic rings. The molecule has 1 aromatic carbocycles. The number of para-hydroxylation sites is 1. The number of hydrogen-bond donors (Lipinski definition) is 1. The van der Waals surface area contributed by atoms with Gasteiger partial charge in [-0.2, -0.15) is 4.31 Å². The maximum Gasteiger partial charge on any atom is 0.245 e. The van der Waals surface area contributed by atoms with Crippen LogP contribution >= 0.6 is 0 Å². The Morgan fingerprint density at radius 1 is 1.21 bits per heavy atom. The van der Waals surface area contributed by atoms with Crippen molar-refractivity contribution in [2.45, 2.75) is 11.8 Å². The molecule has 0 unspecified atom stereocenters. The fourth-order valence-corrected chi connectivity index (χ4v) is 3.74. The second-order valence-corrected chi connectivity index (χ2v) is 7.51. The number of likely N-dealkylation sites (N-methyl/N-ethyl adjacent to an activating group) is 1. The molecule has 2 heterocycles. The van der Waals surface area contributed by atoms with E-state index in [4.69, 9.17) is 4.74 Å². The van der Waals surface area contributed by atoms with Crippen LogP contribution in [0.2, 0.25) is 0 Å². The van der Waals surface area contributed by atoms with E-state index in [1.165, 1.54) is 10.5 Å². The Morgan fingerprint density at radius 2 is 2.00 bits per heavy atom. The number of aryl methyl sites for hydroxylation is 1. The van der Waals surface area contributed by atoms with Gasteiger partial charge in [0.25, 0.3) is 0 Å². The van der Waals surface area contributed by atoms with Gasteiger partial charge in [0, 0.05) is 31.4 Å². The van der Waals surface area contributed by atoms with Crippen molar-refractivity contribution in [3.63, 3.8) is 0 Å². The number of benzene rings is 1. The molecule has 2 aromatic heterocycles. The lowest BCUT2D eigenvalue weighted by Gasteiger charge is -2.17. The van der Waals surface area contributed by atoms with Crippen molar-refractivity contribution in [3.8, 4) is 5.75 Å². The standard InChI is InChI=1S/C17H19N3O3S/c1-13-6-3-4-8-15(13)23-11-10-20(2)24(21,22)16-12-19-17-14(16)7-5-9-18-17/h3-9,12H,10-11H2,1-2H3,(H,18,19). The average molecular weight is 345 g/mol. The van der Waals surface area contributed by atoms with E-state index < -0.39 is 10.0 Å². The summed E-state index contributed by atoms with van der Waals surface area (Å²) in [5.74, 6) is 0.764. The summed E-state index contributed by atoms with van der Waals surface area (Å²) in [4.78, 5) is 7.24. The Morgan fingerprint density at radius 3 is 2.79 bits per heavy atom. The average Bonchev–Trinajstić information content (AvgIpc) is 3.01. The van der Waals surface area contributed by atoms with Gasteiger partial charge in [-0.3, -0.25) is 0 Å². The highest BCUT2D eigenvalue weighted by Crippen LogP contribution is 2.23. The van der Waals surface area contributed by atoms with Gasteiger partial charge in [0.1, 0.15) is 22.9 Å². The number of rotatable bonds is 6. The fourth-order valence-electron chi connectivity index (χ4n) is 2.43. The second kappa shape index (κ2) is 6.62. The predicted octanol–water partition coefficient (Wildman–Crippen LogP) is 2.57. The molecule has 7 heteroatoms. The molecule has 3 rings (SSSR count). The monoisotopic (exact) mass is 345 g/mol. The first-order valence-electron chi connectivity index (χ1n) is 7.57. The van der Waals surface area contributed by atoms with E-state index in [-0.39, 0.29) is 18.0 Å². The van der Waals surface area contributed by atoms with E-state index in [1.54, 1.807) is 25.4 Å². The first-order chi connectivity index (χ1) is 11.5. The Hall–Kier alpha value is -2.38. The predicted molar refractivity (Wildman–Crippen MR) is 92.6 cm³/mol. The lowest BCUT2D eigenvalue weighted by atomic mass is 10.2. The molecule has 126 valence electrons. The molecule has 0 fully saturated rings. The molecule has 0 saturated heterocycles. The molecule has 0 aliphatic heterocycles. The van der Waals surface area contributed by atoms with Crippen LogP contribution in [0.3, 0.4) is 0 Å². The minimum Gasteiger partial charge on any atom is -0.492 e. The summed E-state index contributed by atoms with van der Waals surface area (Å²) in [6.45, 7) is 2.49. The van der Waals surface area contributed by atoms with Gasteiger partial charge in [-0.05, 0) is 30.7 Å². The molecule has 0 saturated carbocycles. The zero-order valence-corrected chi connectivity index (χ0v) is 14.4. The van der Waals surface area contributed by atoms with Crippen LogP contribution in [0, 0.1) is 6.92 Å². The van der Waals surface area contributed by atoms with Gasteiger partial charge in [0.15, 0.2) is 0 Å². The van der Waals surface area contributed by atoms with Crippen LogP contribution in [0.4, 0.5) is 0 Å². The van der Waals surface area contributed by atoms with Gasteiger partial charge in [-0.1, -0.05) is 18.2 Å². The van der Waals surface area contributed by atoms with Crippen molar-refractivity contribution in [1.29, 1.82) is 0 Å². The molecular weight excluding hydrogens is 326 g/mol. The number of hydrogen-bond acceptors (Lipinski definition) is 4. The molecule has 0 spiro atoms. The molecule has 0 bridgehead atoms. The summed E-state index contributed by atoms with van der Waals surface area (Å²) in [5, 5.41) is 0.587.